The number of ether oxygens (including phenoxy) is 2. The highest BCUT2D eigenvalue weighted by Gasteiger charge is 2.16. The molecule has 5 rings (SSSR count). The average molecular weight is 447 g/mol. The van der Waals surface area contributed by atoms with Gasteiger partial charge < -0.3 is 14.5 Å². The van der Waals surface area contributed by atoms with Crippen LogP contribution in [0.5, 0.6) is 11.5 Å². The van der Waals surface area contributed by atoms with Gasteiger partial charge in [0.05, 0.1) is 18.5 Å². The van der Waals surface area contributed by atoms with Gasteiger partial charge >= 0.3 is 0 Å². The summed E-state index contributed by atoms with van der Waals surface area (Å²) in [5, 5.41) is 0. The predicted molar refractivity (Wildman–Crippen MR) is 137 cm³/mol. The number of nitrogens with one attached hydrogen (secondary N) is 1. The van der Waals surface area contributed by atoms with Crippen molar-refractivity contribution in [1.82, 2.24) is 9.97 Å². The molecule has 0 atom stereocenters. The highest BCUT2D eigenvalue weighted by Crippen LogP contribution is 2.36. The highest BCUT2D eigenvalue weighted by molar-refractivity contribution is 5.81. The van der Waals surface area contributed by atoms with Gasteiger partial charge in [0.25, 0.3) is 0 Å². The third kappa shape index (κ3) is 4.44. The summed E-state index contributed by atoms with van der Waals surface area (Å²) in [6.07, 6.45) is 0. The number of hydrogen-bond donors (Lipinski definition) is 1. The monoisotopic (exact) mass is 446 g/mol. The van der Waals surface area contributed by atoms with Crippen LogP contribution >= 0.6 is 0 Å². The molecule has 1 heterocycles. The van der Waals surface area contributed by atoms with E-state index in [0.717, 1.165) is 39.5 Å². The van der Waals surface area contributed by atoms with Crippen molar-refractivity contribution >= 4 is 0 Å². The van der Waals surface area contributed by atoms with Crippen molar-refractivity contribution in [3.05, 3.63) is 114 Å². The third-order valence-electron chi connectivity index (χ3n) is 5.89. The fourth-order valence-electron chi connectivity index (χ4n) is 3.99. The Bertz CT molecular complexity index is 1340. The van der Waals surface area contributed by atoms with Crippen molar-refractivity contribution < 1.29 is 9.47 Å². The zero-order valence-corrected chi connectivity index (χ0v) is 19.3. The van der Waals surface area contributed by atoms with Crippen molar-refractivity contribution in [3.63, 3.8) is 0 Å². The van der Waals surface area contributed by atoms with Crippen molar-refractivity contribution in [1.29, 1.82) is 0 Å². The van der Waals surface area contributed by atoms with E-state index in [-0.39, 0.29) is 0 Å². The van der Waals surface area contributed by atoms with E-state index in [4.69, 9.17) is 14.5 Å². The molecule has 0 radical (unpaired) electrons. The molecule has 0 amide bonds. The van der Waals surface area contributed by atoms with E-state index in [0.29, 0.717) is 18.1 Å². The molecule has 1 N–H and O–H groups in total. The number of benzene rings is 4. The van der Waals surface area contributed by atoms with Crippen LogP contribution in [-0.2, 0) is 6.61 Å². The molecule has 0 fully saturated rings. The van der Waals surface area contributed by atoms with Crippen LogP contribution in [0.25, 0.3) is 33.9 Å². The zero-order chi connectivity index (χ0) is 23.3. The second-order valence-corrected chi connectivity index (χ2v) is 8.12. The first kappa shape index (κ1) is 21.5. The van der Waals surface area contributed by atoms with Crippen molar-refractivity contribution in [2.75, 3.05) is 7.11 Å². The van der Waals surface area contributed by atoms with Crippen molar-refractivity contribution in [3.8, 4) is 45.4 Å². The van der Waals surface area contributed by atoms with Crippen LogP contribution < -0.4 is 9.47 Å². The minimum Gasteiger partial charge on any atom is -0.493 e. The molecule has 0 spiro atoms. The molecule has 168 valence electrons. The third-order valence-corrected chi connectivity index (χ3v) is 5.89. The normalized spacial score (nSPS) is 10.8. The maximum absolute atomic E-state index is 6.10. The number of rotatable bonds is 7. The summed E-state index contributed by atoms with van der Waals surface area (Å²) < 4.78 is 11.8. The van der Waals surface area contributed by atoms with Gasteiger partial charge in [0, 0.05) is 16.7 Å². The molecule has 5 aromatic rings. The Balaban J connectivity index is 1.50. The summed E-state index contributed by atoms with van der Waals surface area (Å²) in [6, 6.07) is 34.6. The Morgan fingerprint density at radius 2 is 1.38 bits per heavy atom. The molecule has 0 aliphatic rings. The molecule has 0 bridgehead atoms. The number of H-pyrrole nitrogens is 1. The van der Waals surface area contributed by atoms with Gasteiger partial charge in [-0.1, -0.05) is 84.9 Å². The molecule has 4 aromatic carbocycles. The Labute approximate surface area is 199 Å². The van der Waals surface area contributed by atoms with Gasteiger partial charge in [-0.3, -0.25) is 0 Å². The van der Waals surface area contributed by atoms with Gasteiger partial charge in [-0.15, -0.1) is 0 Å². The summed E-state index contributed by atoms with van der Waals surface area (Å²) in [7, 11) is 1.66. The lowest BCUT2D eigenvalue weighted by molar-refractivity contribution is 0.284. The number of aromatic amines is 1. The van der Waals surface area contributed by atoms with Crippen LogP contribution in [0.2, 0.25) is 0 Å². The van der Waals surface area contributed by atoms with Gasteiger partial charge in [0.15, 0.2) is 11.5 Å². The molecule has 1 aromatic heterocycles. The topological polar surface area (TPSA) is 47.1 Å². The first-order valence-corrected chi connectivity index (χ1v) is 11.3. The maximum atomic E-state index is 6.10. The van der Waals surface area contributed by atoms with E-state index < -0.39 is 0 Å². The van der Waals surface area contributed by atoms with Gasteiger partial charge in [0.2, 0.25) is 0 Å². The fourth-order valence-corrected chi connectivity index (χ4v) is 3.99. The van der Waals surface area contributed by atoms with E-state index in [9.17, 15) is 0 Å². The van der Waals surface area contributed by atoms with Crippen LogP contribution in [0.15, 0.2) is 103 Å². The largest absolute Gasteiger partial charge is 0.493 e. The second kappa shape index (κ2) is 9.67. The Morgan fingerprint density at radius 3 is 2.09 bits per heavy atom. The summed E-state index contributed by atoms with van der Waals surface area (Å²) in [4.78, 5) is 8.53. The lowest BCUT2D eigenvalue weighted by Crippen LogP contribution is -1.99. The summed E-state index contributed by atoms with van der Waals surface area (Å²) >= 11 is 0. The minimum absolute atomic E-state index is 0.486. The molecule has 0 unspecified atom stereocenters. The van der Waals surface area contributed by atoms with E-state index in [2.05, 4.69) is 48.3 Å². The smallest absolute Gasteiger partial charge is 0.161 e. The molecule has 0 aliphatic carbocycles. The fraction of sp³-hybridized carbons (Fsp3) is 0.100. The lowest BCUT2D eigenvalue weighted by atomic mass is 10.1. The Morgan fingerprint density at radius 1 is 0.706 bits per heavy atom. The zero-order valence-electron chi connectivity index (χ0n) is 19.3. The number of hydrogen-bond acceptors (Lipinski definition) is 3. The number of methoxy groups -OCH3 is 1. The van der Waals surface area contributed by atoms with Crippen LogP contribution in [0, 0.1) is 6.92 Å². The molecular formula is C30H26N2O2. The van der Waals surface area contributed by atoms with Crippen LogP contribution in [0.4, 0.5) is 0 Å². The Kier molecular flexibility index (Phi) is 6.13. The molecule has 0 saturated carbocycles. The summed E-state index contributed by atoms with van der Waals surface area (Å²) in [5.41, 5.74) is 7.34. The standard InChI is InChI=1S/C30H26N2O2/c1-21-11-9-10-16-25(21)20-34-26-18-17-24(19-27(26)33-2)30-31-28(22-12-5-3-6-13-22)29(32-30)23-14-7-4-8-15-23/h3-19H,20H2,1-2H3,(H,31,32). The number of imidazole rings is 1. The van der Waals surface area contributed by atoms with Crippen molar-refractivity contribution in [2.45, 2.75) is 13.5 Å². The quantitative estimate of drug-likeness (QED) is 0.285. The maximum Gasteiger partial charge on any atom is 0.161 e. The van der Waals surface area contributed by atoms with Gasteiger partial charge in [-0.2, -0.15) is 0 Å². The van der Waals surface area contributed by atoms with E-state index in [1.54, 1.807) is 7.11 Å². The first-order chi connectivity index (χ1) is 16.7. The average Bonchev–Trinajstić information content (AvgIpc) is 3.35. The van der Waals surface area contributed by atoms with Crippen LogP contribution in [-0.4, -0.2) is 17.1 Å². The summed E-state index contributed by atoms with van der Waals surface area (Å²) in [6.45, 7) is 2.57. The summed E-state index contributed by atoms with van der Waals surface area (Å²) in [5.74, 6) is 2.15. The van der Waals surface area contributed by atoms with E-state index >= 15 is 0 Å². The molecule has 34 heavy (non-hydrogen) atoms. The lowest BCUT2D eigenvalue weighted by Gasteiger charge is -2.13. The van der Waals surface area contributed by atoms with Gasteiger partial charge in [-0.05, 0) is 36.2 Å². The van der Waals surface area contributed by atoms with Crippen LogP contribution in [0.1, 0.15) is 11.1 Å². The van der Waals surface area contributed by atoms with E-state index in [1.165, 1.54) is 5.56 Å². The minimum atomic E-state index is 0.486. The Hall–Kier alpha value is -4.31. The molecule has 0 aliphatic heterocycles. The number of aryl methyl sites for hydroxylation is 1. The highest BCUT2D eigenvalue weighted by atomic mass is 16.5. The van der Waals surface area contributed by atoms with Crippen molar-refractivity contribution in [2.24, 2.45) is 0 Å². The van der Waals surface area contributed by atoms with Crippen LogP contribution in [0.3, 0.4) is 0 Å². The van der Waals surface area contributed by atoms with E-state index in [1.807, 2.05) is 66.7 Å². The molecule has 4 nitrogen and oxygen atoms in total. The number of aromatic nitrogens is 2. The molecule has 4 heteroatoms. The predicted octanol–water partition coefficient (Wildman–Crippen LogP) is 7.31. The second-order valence-electron chi connectivity index (χ2n) is 8.12. The van der Waals surface area contributed by atoms with Gasteiger partial charge in [-0.25, -0.2) is 4.98 Å². The van der Waals surface area contributed by atoms with Gasteiger partial charge in [0.1, 0.15) is 12.4 Å². The number of nitrogens with zero attached hydrogens (tertiary/aromatic N) is 1. The first-order valence-electron chi connectivity index (χ1n) is 11.3. The molecular weight excluding hydrogens is 420 g/mol. The molecule has 0 saturated heterocycles. The SMILES string of the molecule is COc1cc(-c2nc(-c3ccccc3)c(-c3ccccc3)[nH]2)ccc1OCc1ccccc1C.